The summed E-state index contributed by atoms with van der Waals surface area (Å²) < 4.78 is 5.85. The van der Waals surface area contributed by atoms with Crippen LogP contribution in [0.15, 0.2) is 48.5 Å². The molecule has 37 heavy (non-hydrogen) atoms. The fourth-order valence-electron chi connectivity index (χ4n) is 4.52. The lowest BCUT2D eigenvalue weighted by Gasteiger charge is -2.47. The highest BCUT2D eigenvalue weighted by atomic mass is 16.5. The van der Waals surface area contributed by atoms with Crippen LogP contribution in [0.5, 0.6) is 11.5 Å². The standard InChI is InChI=1S/C28H34N2O7/c1-27(2,3)23(31)19-20(22(26(35)36)21(19)25(33)34)24(32)29-15-7-11-17(12-8-15)37-18-13-9-16(10-14-18)30-28(4,5)6/h7-14,19-22,30H,1-6H3,(H,29,32)(H,33,34)(H,35,36). The fourth-order valence-corrected chi connectivity index (χ4v) is 4.52. The number of ether oxygens (including phenoxy) is 1. The largest absolute Gasteiger partial charge is 0.481 e. The number of anilines is 2. The van der Waals surface area contributed by atoms with Gasteiger partial charge in [-0.1, -0.05) is 20.8 Å². The first-order valence-electron chi connectivity index (χ1n) is 12.1. The van der Waals surface area contributed by atoms with E-state index in [1.165, 1.54) is 0 Å². The number of ketones is 1. The van der Waals surface area contributed by atoms with Crippen LogP contribution in [-0.4, -0.2) is 39.4 Å². The van der Waals surface area contributed by atoms with Crippen LogP contribution in [0.4, 0.5) is 11.4 Å². The molecule has 2 aromatic carbocycles. The maximum absolute atomic E-state index is 13.1. The van der Waals surface area contributed by atoms with Gasteiger partial charge in [-0.05, 0) is 69.3 Å². The summed E-state index contributed by atoms with van der Waals surface area (Å²) in [6.07, 6.45) is 0. The van der Waals surface area contributed by atoms with Crippen LogP contribution >= 0.6 is 0 Å². The van der Waals surface area contributed by atoms with Crippen LogP contribution in [0, 0.1) is 29.1 Å². The Labute approximate surface area is 216 Å². The minimum atomic E-state index is -1.49. The van der Waals surface area contributed by atoms with Crippen LogP contribution in [0.1, 0.15) is 41.5 Å². The van der Waals surface area contributed by atoms with E-state index < -0.39 is 52.7 Å². The van der Waals surface area contributed by atoms with E-state index in [0.717, 1.165) is 5.69 Å². The van der Waals surface area contributed by atoms with Gasteiger partial charge >= 0.3 is 11.9 Å². The third kappa shape index (κ3) is 6.47. The summed E-state index contributed by atoms with van der Waals surface area (Å²) in [6, 6.07) is 13.9. The third-order valence-electron chi connectivity index (χ3n) is 6.19. The molecule has 0 bridgehead atoms. The predicted octanol–water partition coefficient (Wildman–Crippen LogP) is 4.89. The van der Waals surface area contributed by atoms with Gasteiger partial charge in [-0.25, -0.2) is 0 Å². The molecule has 4 atom stereocenters. The summed E-state index contributed by atoms with van der Waals surface area (Å²) >= 11 is 0. The molecule has 9 nitrogen and oxygen atoms in total. The lowest BCUT2D eigenvalue weighted by molar-refractivity contribution is -0.181. The van der Waals surface area contributed by atoms with Gasteiger partial charge in [0.15, 0.2) is 0 Å². The number of carbonyl (C=O) groups is 4. The lowest BCUT2D eigenvalue weighted by Crippen LogP contribution is -2.62. The van der Waals surface area contributed by atoms with E-state index >= 15 is 0 Å². The predicted molar refractivity (Wildman–Crippen MR) is 139 cm³/mol. The number of benzene rings is 2. The summed E-state index contributed by atoms with van der Waals surface area (Å²) in [5, 5.41) is 25.2. The van der Waals surface area contributed by atoms with Crippen LogP contribution in [0.2, 0.25) is 0 Å². The van der Waals surface area contributed by atoms with Crippen molar-refractivity contribution in [1.82, 2.24) is 0 Å². The van der Waals surface area contributed by atoms with Gasteiger partial charge in [-0.3, -0.25) is 19.2 Å². The van der Waals surface area contributed by atoms with Gasteiger partial charge in [-0.2, -0.15) is 0 Å². The molecular weight excluding hydrogens is 476 g/mol. The van der Waals surface area contributed by atoms with Gasteiger partial charge in [0.2, 0.25) is 5.91 Å². The number of nitrogens with one attached hydrogen (secondary N) is 2. The molecule has 2 aromatic rings. The number of Topliss-reactive ketones (excluding diaryl/α,β-unsaturated/α-hetero) is 1. The highest BCUT2D eigenvalue weighted by Crippen LogP contribution is 2.50. The van der Waals surface area contributed by atoms with Gasteiger partial charge in [0.25, 0.3) is 0 Å². The number of rotatable bonds is 8. The van der Waals surface area contributed by atoms with Crippen molar-refractivity contribution >= 4 is 35.0 Å². The normalized spacial score (nSPS) is 21.4. The molecule has 0 saturated heterocycles. The molecule has 0 heterocycles. The molecule has 9 heteroatoms. The molecule has 4 unspecified atom stereocenters. The number of aliphatic carboxylic acids is 2. The minimum absolute atomic E-state index is 0.0683. The molecule has 0 spiro atoms. The monoisotopic (exact) mass is 510 g/mol. The molecule has 0 aromatic heterocycles. The average molecular weight is 511 g/mol. The fraction of sp³-hybridized carbons (Fsp3) is 0.429. The second kappa shape index (κ2) is 10.2. The molecule has 1 aliphatic carbocycles. The maximum Gasteiger partial charge on any atom is 0.308 e. The van der Waals surface area contributed by atoms with Crippen molar-refractivity contribution in [3.8, 4) is 11.5 Å². The molecule has 0 radical (unpaired) electrons. The van der Waals surface area contributed by atoms with Crippen molar-refractivity contribution in [3.63, 3.8) is 0 Å². The van der Waals surface area contributed by atoms with Gasteiger partial charge in [0.05, 0.1) is 17.8 Å². The Bertz CT molecular complexity index is 1170. The van der Waals surface area contributed by atoms with Crippen LogP contribution in [0.25, 0.3) is 0 Å². The van der Waals surface area contributed by atoms with E-state index in [9.17, 15) is 29.4 Å². The van der Waals surface area contributed by atoms with Crippen LogP contribution < -0.4 is 15.4 Å². The van der Waals surface area contributed by atoms with Gasteiger partial charge in [0, 0.05) is 28.2 Å². The zero-order valence-corrected chi connectivity index (χ0v) is 21.9. The van der Waals surface area contributed by atoms with Crippen molar-refractivity contribution in [3.05, 3.63) is 48.5 Å². The van der Waals surface area contributed by atoms with Gasteiger partial charge in [0.1, 0.15) is 17.3 Å². The Morgan fingerprint density at radius 1 is 0.676 bits per heavy atom. The molecule has 1 saturated carbocycles. The number of carboxylic acid groups (broad SMARTS) is 2. The van der Waals surface area contributed by atoms with Crippen molar-refractivity contribution in [2.24, 2.45) is 29.1 Å². The number of hydrogen-bond acceptors (Lipinski definition) is 6. The smallest absolute Gasteiger partial charge is 0.308 e. The van der Waals surface area contributed by atoms with E-state index in [1.54, 1.807) is 45.0 Å². The molecule has 3 rings (SSSR count). The Balaban J connectivity index is 1.71. The first-order chi connectivity index (χ1) is 17.1. The van der Waals surface area contributed by atoms with Crippen molar-refractivity contribution in [1.29, 1.82) is 0 Å². The van der Waals surface area contributed by atoms with Crippen molar-refractivity contribution in [2.75, 3.05) is 10.6 Å². The Morgan fingerprint density at radius 3 is 1.51 bits per heavy atom. The third-order valence-corrected chi connectivity index (χ3v) is 6.19. The van der Waals surface area contributed by atoms with Crippen molar-refractivity contribution < 1.29 is 34.1 Å². The number of carbonyl (C=O) groups excluding carboxylic acids is 2. The maximum atomic E-state index is 13.1. The van der Waals surface area contributed by atoms with Crippen LogP contribution in [0.3, 0.4) is 0 Å². The molecule has 198 valence electrons. The van der Waals surface area contributed by atoms with E-state index in [-0.39, 0.29) is 5.54 Å². The lowest BCUT2D eigenvalue weighted by atomic mass is 9.52. The number of hydrogen-bond donors (Lipinski definition) is 4. The Kier molecular flexibility index (Phi) is 7.67. The molecule has 0 aliphatic heterocycles. The summed E-state index contributed by atoms with van der Waals surface area (Å²) in [6.45, 7) is 11.0. The SMILES string of the molecule is CC(C)(C)Nc1ccc(Oc2ccc(NC(=O)C3C(C(=O)O)C(C(=O)O)C3C(=O)C(C)(C)C)cc2)cc1. The Hall–Kier alpha value is -3.88. The average Bonchev–Trinajstić information content (AvgIpc) is 2.73. The number of carboxylic acids is 2. The summed E-state index contributed by atoms with van der Waals surface area (Å²) in [5.41, 5.74) is 0.329. The van der Waals surface area contributed by atoms with E-state index in [4.69, 9.17) is 4.74 Å². The zero-order valence-electron chi connectivity index (χ0n) is 21.9. The minimum Gasteiger partial charge on any atom is -0.481 e. The van der Waals surface area contributed by atoms with Gasteiger partial charge < -0.3 is 25.6 Å². The highest BCUT2D eigenvalue weighted by molar-refractivity contribution is 6.05. The van der Waals surface area contributed by atoms with E-state index in [2.05, 4.69) is 31.4 Å². The Morgan fingerprint density at radius 2 is 1.11 bits per heavy atom. The summed E-state index contributed by atoms with van der Waals surface area (Å²) in [4.78, 5) is 49.6. The summed E-state index contributed by atoms with van der Waals surface area (Å²) in [7, 11) is 0. The molecular formula is C28H34N2O7. The van der Waals surface area contributed by atoms with E-state index in [0.29, 0.717) is 17.2 Å². The second-order valence-electron chi connectivity index (χ2n) is 11.4. The van der Waals surface area contributed by atoms with E-state index in [1.807, 2.05) is 24.3 Å². The van der Waals surface area contributed by atoms with Crippen molar-refractivity contribution in [2.45, 2.75) is 47.1 Å². The molecule has 1 fully saturated rings. The molecule has 1 amide bonds. The molecule has 1 aliphatic rings. The van der Waals surface area contributed by atoms with Gasteiger partial charge in [-0.15, -0.1) is 0 Å². The molecule has 4 N–H and O–H groups in total. The second-order valence-corrected chi connectivity index (χ2v) is 11.4. The van der Waals surface area contributed by atoms with Crippen LogP contribution in [-0.2, 0) is 19.2 Å². The first kappa shape index (κ1) is 27.7. The zero-order chi connectivity index (χ0) is 27.7. The highest BCUT2D eigenvalue weighted by Gasteiger charge is 2.64. The quantitative estimate of drug-likeness (QED) is 0.393. The number of amides is 1. The summed E-state index contributed by atoms with van der Waals surface area (Å²) in [5.74, 6) is -8.30. The first-order valence-corrected chi connectivity index (χ1v) is 12.1. The topological polar surface area (TPSA) is 142 Å².